The summed E-state index contributed by atoms with van der Waals surface area (Å²) >= 11 is 5.78. The second-order valence-corrected chi connectivity index (χ2v) is 26.2. The fraction of sp³-hybridized carbons (Fsp3) is 0.288. The zero-order chi connectivity index (χ0) is 63.8. The van der Waals surface area contributed by atoms with E-state index in [9.17, 15) is 43.8 Å². The van der Waals surface area contributed by atoms with Gasteiger partial charge in [-0.25, -0.2) is 29.7 Å². The number of fused-ring (bicyclic) bond motifs is 15. The highest BCUT2D eigenvalue weighted by Gasteiger charge is 2.48. The number of aliphatic carboxylic acids is 1. The third-order valence-corrected chi connectivity index (χ3v) is 19.9. The molecule has 11 N–H and O–H groups in total. The summed E-state index contributed by atoms with van der Waals surface area (Å²) in [5.41, 5.74) is 7.12. The van der Waals surface area contributed by atoms with Gasteiger partial charge in [0.15, 0.2) is 0 Å². The lowest BCUT2D eigenvalue weighted by Gasteiger charge is -2.33. The first-order chi connectivity index (χ1) is 43.1. The SMILES string of the molecule is C=C(NC(=O)C(=C)NC(=O)c1csc(-c2ccc3c(n2)-c2csc(n2)-c2csc(n2)C2C(C)CC(O)N2C(=O)C(C(O)c2ccccc2)NC(=O)C2CSC(=N2)C(c2ccccc2)NC(=O)c2nc(sc2C)C(CC(N)=O)NC(=O)C2NC3OC2C)n1)C(=O)O. The normalized spacial score (nSPS) is 23.9. The number of aliphatic hydroxyl groups excluding tert-OH is 2. The van der Waals surface area contributed by atoms with Crippen molar-refractivity contribution in [3.63, 3.8) is 0 Å². The molecule has 2 aromatic carbocycles. The van der Waals surface area contributed by atoms with Crippen LogP contribution in [0.25, 0.3) is 32.8 Å². The maximum atomic E-state index is 15.2. The minimum absolute atomic E-state index is 0.0122. The number of carboxylic acids is 1. The summed E-state index contributed by atoms with van der Waals surface area (Å²) in [4.78, 5) is 139. The zero-order valence-corrected chi connectivity index (χ0v) is 51.9. The number of carbonyl (C=O) groups excluding carboxylic acids is 7. The summed E-state index contributed by atoms with van der Waals surface area (Å²) in [6.45, 7) is 12.0. The predicted octanol–water partition coefficient (Wildman–Crippen LogP) is 4.73. The van der Waals surface area contributed by atoms with E-state index in [0.717, 1.165) is 22.7 Å². The third-order valence-electron chi connectivity index (χ3n) is 15.1. The van der Waals surface area contributed by atoms with E-state index >= 15 is 4.79 Å². The van der Waals surface area contributed by atoms with E-state index in [1.54, 1.807) is 97.4 Å². The van der Waals surface area contributed by atoms with E-state index < -0.39 is 126 Å². The Balaban J connectivity index is 0.980. The number of carboxylic acid groups (broad SMARTS) is 1. The molecule has 4 aliphatic rings. The van der Waals surface area contributed by atoms with Gasteiger partial charge in [-0.2, -0.15) is 0 Å². The second-order valence-electron chi connectivity index (χ2n) is 21.3. The van der Waals surface area contributed by atoms with Gasteiger partial charge in [-0.15, -0.1) is 57.1 Å². The fourth-order valence-corrected chi connectivity index (χ4v) is 15.3. The first-order valence-electron chi connectivity index (χ1n) is 27.8. The van der Waals surface area contributed by atoms with Crippen molar-refractivity contribution in [1.82, 2.24) is 61.7 Å². The summed E-state index contributed by atoms with van der Waals surface area (Å²) < 4.78 is 6.48. The lowest BCUT2D eigenvalue weighted by Crippen LogP contribution is -2.55. The van der Waals surface area contributed by atoms with Crippen molar-refractivity contribution in [2.75, 3.05) is 5.75 Å². The van der Waals surface area contributed by atoms with Crippen LogP contribution in [0.2, 0.25) is 0 Å². The molecule has 0 spiro atoms. The molecule has 7 aromatic rings. The first kappa shape index (κ1) is 62.8. The first-order valence-corrected chi connectivity index (χ1v) is 32.2. The van der Waals surface area contributed by atoms with Crippen LogP contribution in [0.15, 0.2) is 118 Å². The highest BCUT2D eigenvalue weighted by molar-refractivity contribution is 8.14. The molecule has 4 aliphatic heterocycles. The molecule has 5 aromatic heterocycles. The number of aromatic nitrogens is 5. The maximum absolute atomic E-state index is 15.2. The number of pyridine rings is 1. The highest BCUT2D eigenvalue weighted by atomic mass is 32.2. The number of hydrogen-bond donors (Lipinski definition) is 10. The molecule has 0 saturated carbocycles. The van der Waals surface area contributed by atoms with E-state index in [1.165, 1.54) is 44.7 Å². The molecular formula is C59H56N14O12S5. The minimum Gasteiger partial charge on any atom is -0.477 e. The quantitative estimate of drug-likeness (QED) is 0.0783. The lowest BCUT2D eigenvalue weighted by atomic mass is 9.99. The number of nitrogens with two attached hydrogens (primary N) is 1. The summed E-state index contributed by atoms with van der Waals surface area (Å²) in [6, 6.07) is 13.9. The Hall–Kier alpha value is -8.79. The summed E-state index contributed by atoms with van der Waals surface area (Å²) in [7, 11) is 0. The largest absolute Gasteiger partial charge is 0.477 e. The van der Waals surface area contributed by atoms with E-state index in [0.29, 0.717) is 48.0 Å². The number of benzene rings is 2. The van der Waals surface area contributed by atoms with Gasteiger partial charge in [-0.1, -0.05) is 86.8 Å². The summed E-state index contributed by atoms with van der Waals surface area (Å²) in [5.74, 6) is -7.08. The summed E-state index contributed by atoms with van der Waals surface area (Å²) in [6.07, 6.45) is -5.05. The van der Waals surface area contributed by atoms with Gasteiger partial charge < -0.3 is 57.3 Å². The van der Waals surface area contributed by atoms with Crippen LogP contribution >= 0.6 is 57.1 Å². The third kappa shape index (κ3) is 13.1. The van der Waals surface area contributed by atoms with Gasteiger partial charge in [0.1, 0.15) is 91.2 Å². The number of aliphatic hydroxyl groups is 2. The van der Waals surface area contributed by atoms with E-state index in [4.69, 9.17) is 35.5 Å². The number of thiazole rings is 4. The topological polar surface area (TPSA) is 385 Å². The Kier molecular flexibility index (Phi) is 18.4. The van der Waals surface area contributed by atoms with Crippen molar-refractivity contribution in [3.8, 4) is 32.8 Å². The van der Waals surface area contributed by atoms with Crippen molar-refractivity contribution < 1.29 is 58.4 Å². The molecule has 11 rings (SSSR count). The van der Waals surface area contributed by atoms with Crippen molar-refractivity contribution in [3.05, 3.63) is 156 Å². The average Bonchev–Trinajstić information content (AvgIpc) is 1.74. The molecule has 0 aliphatic carbocycles. The van der Waals surface area contributed by atoms with Crippen molar-refractivity contribution >= 4 is 109 Å². The van der Waals surface area contributed by atoms with Crippen molar-refractivity contribution in [1.29, 1.82) is 0 Å². The highest BCUT2D eigenvalue weighted by Crippen LogP contribution is 2.45. The zero-order valence-electron chi connectivity index (χ0n) is 47.8. The number of ether oxygens (including phenoxy) is 1. The molecule has 2 fully saturated rings. The van der Waals surface area contributed by atoms with Gasteiger partial charge in [0, 0.05) is 32.3 Å². The number of hydrogen-bond acceptors (Lipinski definition) is 23. The Labute approximate surface area is 532 Å². The average molecular weight is 1310 g/mol. The number of carbonyl (C=O) groups is 8. The second kappa shape index (κ2) is 26.3. The molecule has 11 unspecified atom stereocenters. The van der Waals surface area contributed by atoms with Crippen LogP contribution in [0.4, 0.5) is 0 Å². The number of nitrogens with zero attached hydrogens (tertiary/aromatic N) is 7. The fourth-order valence-electron chi connectivity index (χ4n) is 10.6. The van der Waals surface area contributed by atoms with E-state index in [-0.39, 0.29) is 50.9 Å². The van der Waals surface area contributed by atoms with Gasteiger partial charge >= 0.3 is 5.97 Å². The molecule has 7 amide bonds. The van der Waals surface area contributed by atoms with Crippen LogP contribution < -0.4 is 37.6 Å². The Morgan fingerprint density at radius 2 is 1.51 bits per heavy atom. The lowest BCUT2D eigenvalue weighted by molar-refractivity contribution is -0.149. The standard InChI is InChI=1S/C59H56N14O12S5/c1-24-18-39(75)73-45(24)57-68-37(23-89-57)54-65-34(20-86-54)43-31(16-17-32(63-43)53-66-35(21-87-53)48(78)61-25(2)47(77)62-26(3)59(83)84)52-71-40(27(4)85-52)50(80)64-33(19-38(60)74)55-72-41(28(5)90-55)51(81)69-42(29-12-8-6-9-13-29)56-67-36(22-88-56)49(79)70-44(58(73)82)46(76)30-14-10-7-11-15-30/h6-17,20-21,23-24,27,33,36,39-40,42,44-46,52,71,75-76H,2-3,18-19,22H2,1,4-5H3,(H2,60,74)(H,61,78)(H,62,77)(H,64,80)(H,69,81)(H,70,79)(H,83,84). The van der Waals surface area contributed by atoms with Crippen molar-refractivity contribution in [2.45, 2.75) is 94.5 Å². The van der Waals surface area contributed by atoms with Crippen LogP contribution in [0.1, 0.15) is 110 Å². The van der Waals surface area contributed by atoms with Gasteiger partial charge in [0.2, 0.25) is 17.7 Å². The van der Waals surface area contributed by atoms with Crippen LogP contribution in [0.3, 0.4) is 0 Å². The molecular weight excluding hydrogens is 1260 g/mol. The number of amides is 7. The molecule has 9 heterocycles. The molecule has 26 nitrogen and oxygen atoms in total. The smallest absolute Gasteiger partial charge is 0.351 e. The number of primary amides is 1. The monoisotopic (exact) mass is 1310 g/mol. The minimum atomic E-state index is -1.63. The van der Waals surface area contributed by atoms with Gasteiger partial charge in [0.05, 0.1) is 46.7 Å². The maximum Gasteiger partial charge on any atom is 0.351 e. The Morgan fingerprint density at radius 1 is 0.800 bits per heavy atom. The molecule has 0 radical (unpaired) electrons. The van der Waals surface area contributed by atoms with Gasteiger partial charge in [-0.05, 0) is 43.4 Å². The predicted molar refractivity (Wildman–Crippen MR) is 334 cm³/mol. The van der Waals surface area contributed by atoms with E-state index in [1.807, 2.05) is 12.2 Å². The van der Waals surface area contributed by atoms with Crippen LogP contribution in [0, 0.1) is 12.8 Å². The number of nitrogens with one attached hydrogen (secondary N) is 6. The number of aryl methyl sites for hydroxylation is 1. The molecule has 2 saturated heterocycles. The number of rotatable bonds is 11. The summed E-state index contributed by atoms with van der Waals surface area (Å²) in [5, 5.41) is 55.9. The molecule has 31 heteroatoms. The van der Waals surface area contributed by atoms with Crippen molar-refractivity contribution in [2.24, 2.45) is 16.6 Å². The van der Waals surface area contributed by atoms with Crippen LogP contribution in [-0.4, -0.2) is 134 Å². The number of thioether (sulfide) groups is 1. The molecule has 10 bridgehead atoms. The van der Waals surface area contributed by atoms with Gasteiger partial charge in [0.25, 0.3) is 23.6 Å². The Morgan fingerprint density at radius 3 is 2.24 bits per heavy atom. The Bertz CT molecular complexity index is 4060. The van der Waals surface area contributed by atoms with Gasteiger partial charge in [-0.3, -0.25) is 43.9 Å². The molecule has 90 heavy (non-hydrogen) atoms. The molecule has 11 atom stereocenters. The van der Waals surface area contributed by atoms with Crippen LogP contribution in [0.5, 0.6) is 0 Å². The molecule has 464 valence electrons. The van der Waals surface area contributed by atoms with Crippen LogP contribution in [-0.2, 0) is 33.5 Å². The van der Waals surface area contributed by atoms with E-state index in [2.05, 4.69) is 49.7 Å². The number of aliphatic imine (C=N–C) groups is 1.